The number of carboxylic acids is 1. The first-order chi connectivity index (χ1) is 9.01. The Kier molecular flexibility index (Phi) is 2.58. The Labute approximate surface area is 119 Å². The van der Waals surface area contributed by atoms with E-state index in [1.807, 2.05) is 6.92 Å². The van der Waals surface area contributed by atoms with Crippen molar-refractivity contribution in [3.05, 3.63) is 11.1 Å². The average Bonchev–Trinajstić information content (AvgIpc) is 2.19. The van der Waals surface area contributed by atoms with E-state index in [4.69, 9.17) is 0 Å². The van der Waals surface area contributed by atoms with E-state index in [-0.39, 0.29) is 10.8 Å². The molecule has 4 aliphatic carbocycles. The van der Waals surface area contributed by atoms with Crippen LogP contribution in [0.3, 0.4) is 0 Å². The van der Waals surface area contributed by atoms with Gasteiger partial charge in [0, 0.05) is 12.0 Å². The number of carbonyl (C=O) groups is 1. The second kappa shape index (κ2) is 3.66. The number of rotatable bonds is 2. The van der Waals surface area contributed by atoms with Gasteiger partial charge < -0.3 is 15.3 Å². The molecule has 4 bridgehead atoms. The fourth-order valence-electron chi connectivity index (χ4n) is 5.98. The molecule has 2 atom stereocenters. The summed E-state index contributed by atoms with van der Waals surface area (Å²) in [6.45, 7) is 5.62. The minimum absolute atomic E-state index is 0.0850. The minimum atomic E-state index is -0.901. The van der Waals surface area contributed by atoms with E-state index >= 15 is 0 Å². The number of hydrogen-bond acceptors (Lipinski definition) is 3. The van der Waals surface area contributed by atoms with E-state index in [0.29, 0.717) is 24.8 Å². The van der Waals surface area contributed by atoms with Crippen molar-refractivity contribution in [2.45, 2.75) is 70.5 Å². The molecule has 4 fully saturated rings. The van der Waals surface area contributed by atoms with Gasteiger partial charge in [-0.3, -0.25) is 0 Å². The molecule has 0 spiro atoms. The van der Waals surface area contributed by atoms with Gasteiger partial charge in [-0.2, -0.15) is 0 Å². The predicted molar refractivity (Wildman–Crippen MR) is 74.2 cm³/mol. The summed E-state index contributed by atoms with van der Waals surface area (Å²) in [5.41, 5.74) is -0.903. The van der Waals surface area contributed by atoms with Gasteiger partial charge in [0.1, 0.15) is 0 Å². The third kappa shape index (κ3) is 1.85. The molecular formula is C16H24O4. The highest BCUT2D eigenvalue weighted by molar-refractivity contribution is 5.87. The summed E-state index contributed by atoms with van der Waals surface area (Å²) in [4.78, 5) is 11.3. The zero-order chi connectivity index (χ0) is 15.0. The lowest BCUT2D eigenvalue weighted by Crippen LogP contribution is -2.66. The molecular weight excluding hydrogens is 256 g/mol. The summed E-state index contributed by atoms with van der Waals surface area (Å²) in [6, 6.07) is 0. The van der Waals surface area contributed by atoms with Crippen molar-refractivity contribution in [3.8, 4) is 0 Å². The van der Waals surface area contributed by atoms with Crippen LogP contribution in [0.4, 0.5) is 0 Å². The Morgan fingerprint density at radius 3 is 1.80 bits per heavy atom. The monoisotopic (exact) mass is 280 g/mol. The maximum Gasteiger partial charge on any atom is 0.331 e. The number of allylic oxidation sites excluding steroid dienone is 1. The Balaban J connectivity index is 2.11. The molecule has 0 saturated heterocycles. The van der Waals surface area contributed by atoms with E-state index < -0.39 is 17.2 Å². The topological polar surface area (TPSA) is 77.8 Å². The van der Waals surface area contributed by atoms with Gasteiger partial charge in [0.25, 0.3) is 0 Å². The van der Waals surface area contributed by atoms with Crippen molar-refractivity contribution >= 4 is 5.97 Å². The molecule has 0 radical (unpaired) electrons. The number of aliphatic carboxylic acids is 1. The average molecular weight is 280 g/mol. The van der Waals surface area contributed by atoms with Crippen molar-refractivity contribution in [2.24, 2.45) is 10.8 Å². The van der Waals surface area contributed by atoms with Crippen molar-refractivity contribution in [1.29, 1.82) is 0 Å². The lowest BCUT2D eigenvalue weighted by molar-refractivity contribution is -0.246. The molecule has 3 N–H and O–H groups in total. The third-order valence-corrected chi connectivity index (χ3v) is 5.95. The van der Waals surface area contributed by atoms with Gasteiger partial charge in [0.15, 0.2) is 0 Å². The molecule has 0 aromatic carbocycles. The fourth-order valence-corrected chi connectivity index (χ4v) is 5.98. The van der Waals surface area contributed by atoms with Gasteiger partial charge in [-0.05, 0) is 56.8 Å². The Bertz CT molecular complexity index is 465. The quantitative estimate of drug-likeness (QED) is 0.678. The van der Waals surface area contributed by atoms with Crippen LogP contribution in [0.5, 0.6) is 0 Å². The van der Waals surface area contributed by atoms with Crippen LogP contribution in [-0.4, -0.2) is 32.5 Å². The van der Waals surface area contributed by atoms with E-state index in [0.717, 1.165) is 24.8 Å². The standard InChI is InChI=1S/C16H24O4/c1-10(12(17)18)11(2)14-4-13(3)5-15(19,7-14)9-16(20,6-13)8-14/h19-20H,4-9H2,1-3H3,(H,17,18). The summed E-state index contributed by atoms with van der Waals surface area (Å²) in [6.07, 6.45) is 3.95. The van der Waals surface area contributed by atoms with Crippen LogP contribution in [0.15, 0.2) is 11.1 Å². The summed E-state index contributed by atoms with van der Waals surface area (Å²) in [7, 11) is 0. The van der Waals surface area contributed by atoms with Gasteiger partial charge in [0.2, 0.25) is 0 Å². The Hall–Kier alpha value is -0.870. The minimum Gasteiger partial charge on any atom is -0.478 e. The molecule has 0 heterocycles. The first kappa shape index (κ1) is 14.1. The molecule has 0 amide bonds. The smallest absolute Gasteiger partial charge is 0.331 e. The summed E-state index contributed by atoms with van der Waals surface area (Å²) in [5.74, 6) is -0.901. The zero-order valence-electron chi connectivity index (χ0n) is 12.5. The maximum atomic E-state index is 11.3. The largest absolute Gasteiger partial charge is 0.478 e. The molecule has 4 heteroatoms. The maximum absolute atomic E-state index is 11.3. The summed E-state index contributed by atoms with van der Waals surface area (Å²) in [5, 5.41) is 30.9. The molecule has 112 valence electrons. The van der Waals surface area contributed by atoms with Crippen LogP contribution in [0.1, 0.15) is 59.3 Å². The van der Waals surface area contributed by atoms with Gasteiger partial charge in [-0.15, -0.1) is 0 Å². The van der Waals surface area contributed by atoms with Crippen LogP contribution in [0.25, 0.3) is 0 Å². The Morgan fingerprint density at radius 1 is 0.900 bits per heavy atom. The molecule has 4 rings (SSSR count). The molecule has 4 nitrogen and oxygen atoms in total. The highest BCUT2D eigenvalue weighted by Crippen LogP contribution is 2.69. The van der Waals surface area contributed by atoms with Crippen LogP contribution in [0.2, 0.25) is 0 Å². The highest BCUT2D eigenvalue weighted by Gasteiger charge is 2.66. The fraction of sp³-hybridized carbons (Fsp3) is 0.812. The van der Waals surface area contributed by atoms with Crippen molar-refractivity contribution in [1.82, 2.24) is 0 Å². The number of carboxylic acid groups (broad SMARTS) is 1. The van der Waals surface area contributed by atoms with Crippen LogP contribution in [0, 0.1) is 10.8 Å². The molecule has 0 aromatic rings. The van der Waals surface area contributed by atoms with E-state index in [2.05, 4.69) is 6.92 Å². The summed E-state index contributed by atoms with van der Waals surface area (Å²) < 4.78 is 0. The molecule has 0 aliphatic heterocycles. The second-order valence-electron chi connectivity index (χ2n) is 8.16. The third-order valence-electron chi connectivity index (χ3n) is 5.95. The molecule has 4 saturated carbocycles. The first-order valence-electron chi connectivity index (χ1n) is 7.37. The van der Waals surface area contributed by atoms with Gasteiger partial charge in [-0.25, -0.2) is 4.79 Å². The van der Waals surface area contributed by atoms with Crippen molar-refractivity contribution in [3.63, 3.8) is 0 Å². The van der Waals surface area contributed by atoms with E-state index in [1.54, 1.807) is 6.92 Å². The van der Waals surface area contributed by atoms with E-state index in [9.17, 15) is 20.1 Å². The van der Waals surface area contributed by atoms with Crippen LogP contribution >= 0.6 is 0 Å². The van der Waals surface area contributed by atoms with Crippen LogP contribution in [-0.2, 0) is 4.79 Å². The molecule has 0 aromatic heterocycles. The summed E-state index contributed by atoms with van der Waals surface area (Å²) >= 11 is 0. The second-order valence-corrected chi connectivity index (χ2v) is 8.16. The lowest BCUT2D eigenvalue weighted by Gasteiger charge is -2.67. The van der Waals surface area contributed by atoms with Crippen molar-refractivity contribution < 1.29 is 20.1 Å². The van der Waals surface area contributed by atoms with Gasteiger partial charge >= 0.3 is 5.97 Å². The van der Waals surface area contributed by atoms with Crippen LogP contribution < -0.4 is 0 Å². The molecule has 2 unspecified atom stereocenters. The normalized spacial score (nSPS) is 51.0. The highest BCUT2D eigenvalue weighted by atomic mass is 16.4. The SMILES string of the molecule is CC(C(=O)O)=C(C)C12CC3(C)CC(O)(CC(O)(C3)C1)C2. The predicted octanol–water partition coefficient (Wildman–Crippen LogP) is 2.24. The van der Waals surface area contributed by atoms with Crippen molar-refractivity contribution in [2.75, 3.05) is 0 Å². The lowest BCUT2D eigenvalue weighted by atomic mass is 9.40. The Morgan fingerprint density at radius 2 is 1.40 bits per heavy atom. The molecule has 20 heavy (non-hydrogen) atoms. The zero-order valence-corrected chi connectivity index (χ0v) is 12.5. The number of hydrogen-bond donors (Lipinski definition) is 3. The van der Waals surface area contributed by atoms with Gasteiger partial charge in [-0.1, -0.05) is 12.5 Å². The van der Waals surface area contributed by atoms with E-state index in [1.165, 1.54) is 0 Å². The first-order valence-corrected chi connectivity index (χ1v) is 7.37. The molecule has 4 aliphatic rings. The number of aliphatic hydroxyl groups is 2. The van der Waals surface area contributed by atoms with Gasteiger partial charge in [0.05, 0.1) is 11.2 Å².